The number of phenols is 1. The Kier molecular flexibility index (Phi) is 12.2. The fourth-order valence-electron chi connectivity index (χ4n) is 3.09. The van der Waals surface area contributed by atoms with Gasteiger partial charge in [-0.05, 0) is 50.4 Å². The van der Waals surface area contributed by atoms with Gasteiger partial charge in [-0.25, -0.2) is 4.79 Å². The highest BCUT2D eigenvalue weighted by Gasteiger charge is 2.30. The number of unbranched alkanes of at least 4 members (excludes halogenated alkanes) is 1. The largest absolute Gasteiger partial charge is 0.508 e. The van der Waals surface area contributed by atoms with Gasteiger partial charge < -0.3 is 43.4 Å². The third-order valence-electron chi connectivity index (χ3n) is 5.02. The van der Waals surface area contributed by atoms with E-state index in [4.69, 9.17) is 17.2 Å². The predicted octanol–water partition coefficient (Wildman–Crippen LogP) is -2.17. The highest BCUT2D eigenvalue weighted by atomic mass is 16.4. The van der Waals surface area contributed by atoms with Crippen LogP contribution in [0.25, 0.3) is 0 Å². The monoisotopic (exact) mass is 494 g/mol. The topological polar surface area (TPSA) is 240 Å². The summed E-state index contributed by atoms with van der Waals surface area (Å²) in [5.41, 5.74) is 16.7. The van der Waals surface area contributed by atoms with Crippen LogP contribution >= 0.6 is 0 Å². The molecular formula is C22H34N6O7. The standard InChI is InChI=1S/C22H34N6O7/c1-12(24)19(31)26-15(4-2-3-9-23)20(32)27-16(10-13-5-7-14(29)8-6-13)21(33)28-17(22(34)35)11-18(25)30/h5-8,12,15-17,29H,2-4,9-11,23-24H2,1H3,(H2,25,30)(H,26,31)(H,27,32)(H,28,33)(H,34,35). The molecule has 35 heavy (non-hydrogen) atoms. The van der Waals surface area contributed by atoms with Gasteiger partial charge in [0.05, 0.1) is 12.5 Å². The first-order valence-electron chi connectivity index (χ1n) is 11.1. The summed E-state index contributed by atoms with van der Waals surface area (Å²) in [7, 11) is 0. The van der Waals surface area contributed by atoms with Gasteiger partial charge >= 0.3 is 5.97 Å². The minimum atomic E-state index is -1.60. The maximum absolute atomic E-state index is 13.0. The number of aromatic hydroxyl groups is 1. The zero-order valence-corrected chi connectivity index (χ0v) is 19.5. The van der Waals surface area contributed by atoms with Crippen molar-refractivity contribution < 1.29 is 34.2 Å². The zero-order valence-electron chi connectivity index (χ0n) is 19.5. The summed E-state index contributed by atoms with van der Waals surface area (Å²) in [5.74, 6) is -4.54. The second kappa shape index (κ2) is 14.5. The lowest BCUT2D eigenvalue weighted by molar-refractivity contribution is -0.143. The van der Waals surface area contributed by atoms with Crippen LogP contribution in [0, 0.1) is 0 Å². The van der Waals surface area contributed by atoms with Gasteiger partial charge in [0.1, 0.15) is 23.9 Å². The minimum Gasteiger partial charge on any atom is -0.508 e. The molecule has 1 aromatic carbocycles. The smallest absolute Gasteiger partial charge is 0.326 e. The first-order chi connectivity index (χ1) is 16.4. The predicted molar refractivity (Wildman–Crippen MR) is 126 cm³/mol. The molecular weight excluding hydrogens is 460 g/mol. The van der Waals surface area contributed by atoms with Crippen LogP contribution in [0.1, 0.15) is 38.2 Å². The molecule has 0 aromatic heterocycles. The van der Waals surface area contributed by atoms with Crippen molar-refractivity contribution >= 4 is 29.6 Å². The van der Waals surface area contributed by atoms with Gasteiger partial charge in [-0.15, -0.1) is 0 Å². The molecule has 13 nitrogen and oxygen atoms in total. The fourth-order valence-corrected chi connectivity index (χ4v) is 3.09. The van der Waals surface area contributed by atoms with Gasteiger partial charge in [0.25, 0.3) is 0 Å². The van der Waals surface area contributed by atoms with E-state index in [0.717, 1.165) is 0 Å². The molecule has 4 unspecified atom stereocenters. The summed E-state index contributed by atoms with van der Waals surface area (Å²) in [5, 5.41) is 26.1. The molecule has 13 heteroatoms. The van der Waals surface area contributed by atoms with Crippen LogP contribution in [0.5, 0.6) is 5.75 Å². The van der Waals surface area contributed by atoms with Crippen LogP contribution in [0.4, 0.5) is 0 Å². The van der Waals surface area contributed by atoms with Crippen LogP contribution in [-0.4, -0.2) is 70.5 Å². The number of benzene rings is 1. The normalized spacial score (nSPS) is 14.1. The molecule has 0 radical (unpaired) electrons. The van der Waals surface area contributed by atoms with Gasteiger partial charge in [0.15, 0.2) is 0 Å². The number of hydrogen-bond donors (Lipinski definition) is 8. The van der Waals surface area contributed by atoms with E-state index in [1.807, 2.05) is 0 Å². The van der Waals surface area contributed by atoms with Crippen molar-refractivity contribution in [1.29, 1.82) is 0 Å². The van der Waals surface area contributed by atoms with Gasteiger partial charge in [-0.3, -0.25) is 19.2 Å². The Balaban J connectivity index is 3.13. The molecule has 11 N–H and O–H groups in total. The average Bonchev–Trinajstić information content (AvgIpc) is 2.78. The number of hydrogen-bond acceptors (Lipinski definition) is 8. The third-order valence-corrected chi connectivity index (χ3v) is 5.02. The highest BCUT2D eigenvalue weighted by molar-refractivity contribution is 5.95. The molecule has 0 saturated heterocycles. The number of rotatable bonds is 15. The lowest BCUT2D eigenvalue weighted by Crippen LogP contribution is -2.57. The van der Waals surface area contributed by atoms with E-state index in [1.165, 1.54) is 31.2 Å². The van der Waals surface area contributed by atoms with Crippen molar-refractivity contribution in [2.24, 2.45) is 17.2 Å². The number of nitrogens with two attached hydrogens (primary N) is 3. The van der Waals surface area contributed by atoms with Crippen molar-refractivity contribution in [2.45, 2.75) is 63.2 Å². The van der Waals surface area contributed by atoms with Crippen molar-refractivity contribution in [3.05, 3.63) is 29.8 Å². The molecule has 0 aliphatic rings. The van der Waals surface area contributed by atoms with E-state index >= 15 is 0 Å². The van der Waals surface area contributed by atoms with Gasteiger partial charge in [-0.2, -0.15) is 0 Å². The second-order valence-corrected chi connectivity index (χ2v) is 8.14. The maximum Gasteiger partial charge on any atom is 0.326 e. The molecule has 194 valence electrons. The van der Waals surface area contributed by atoms with E-state index in [2.05, 4.69) is 16.0 Å². The van der Waals surface area contributed by atoms with Gasteiger partial charge in [0.2, 0.25) is 23.6 Å². The molecule has 4 amide bonds. The van der Waals surface area contributed by atoms with Crippen LogP contribution in [0.15, 0.2) is 24.3 Å². The first-order valence-corrected chi connectivity index (χ1v) is 11.1. The Morgan fingerprint density at radius 3 is 1.94 bits per heavy atom. The Morgan fingerprint density at radius 2 is 1.43 bits per heavy atom. The fraction of sp³-hybridized carbons (Fsp3) is 0.500. The van der Waals surface area contributed by atoms with E-state index in [1.54, 1.807) is 0 Å². The lowest BCUT2D eigenvalue weighted by atomic mass is 10.0. The molecule has 0 heterocycles. The summed E-state index contributed by atoms with van der Waals surface area (Å²) >= 11 is 0. The number of carboxylic acid groups (broad SMARTS) is 1. The number of carbonyl (C=O) groups excluding carboxylic acids is 4. The molecule has 0 aliphatic heterocycles. The van der Waals surface area contributed by atoms with Crippen LogP contribution < -0.4 is 33.2 Å². The number of nitrogens with one attached hydrogen (secondary N) is 3. The number of amides is 4. The van der Waals surface area contributed by atoms with Crippen molar-refractivity contribution in [1.82, 2.24) is 16.0 Å². The summed E-state index contributed by atoms with van der Waals surface area (Å²) in [6, 6.07) is 1.06. The number of phenolic OH excluding ortho intramolecular Hbond substituents is 1. The summed E-state index contributed by atoms with van der Waals surface area (Å²) in [6.45, 7) is 1.84. The van der Waals surface area contributed by atoms with Gasteiger partial charge in [-0.1, -0.05) is 12.1 Å². The average molecular weight is 495 g/mol. The summed E-state index contributed by atoms with van der Waals surface area (Å²) < 4.78 is 0. The number of carboxylic acids is 1. The van der Waals surface area contributed by atoms with E-state index < -0.39 is 60.2 Å². The molecule has 0 spiro atoms. The lowest BCUT2D eigenvalue weighted by Gasteiger charge is -2.25. The highest BCUT2D eigenvalue weighted by Crippen LogP contribution is 2.12. The van der Waals surface area contributed by atoms with E-state index in [9.17, 15) is 34.2 Å². The van der Waals surface area contributed by atoms with Gasteiger partial charge in [0, 0.05) is 6.42 Å². The van der Waals surface area contributed by atoms with E-state index in [-0.39, 0.29) is 18.6 Å². The second-order valence-electron chi connectivity index (χ2n) is 8.14. The van der Waals surface area contributed by atoms with Crippen molar-refractivity contribution in [2.75, 3.05) is 6.54 Å². The Labute approximate surface area is 202 Å². The van der Waals surface area contributed by atoms with Crippen molar-refractivity contribution in [3.8, 4) is 5.75 Å². The molecule has 0 fully saturated rings. The van der Waals surface area contributed by atoms with Crippen LogP contribution in [0.3, 0.4) is 0 Å². The number of carbonyl (C=O) groups is 5. The van der Waals surface area contributed by atoms with Crippen molar-refractivity contribution in [3.63, 3.8) is 0 Å². The molecule has 1 aromatic rings. The SMILES string of the molecule is CC(N)C(=O)NC(CCCCN)C(=O)NC(Cc1ccc(O)cc1)C(=O)NC(CC(N)=O)C(=O)O. The number of aliphatic carboxylic acids is 1. The molecule has 4 atom stereocenters. The van der Waals surface area contributed by atoms with Crippen LogP contribution in [-0.2, 0) is 30.4 Å². The first kappa shape index (κ1) is 29.3. The molecule has 0 saturated carbocycles. The number of primary amides is 1. The van der Waals surface area contributed by atoms with E-state index in [0.29, 0.717) is 24.9 Å². The molecule has 0 aliphatic carbocycles. The molecule has 0 bridgehead atoms. The van der Waals surface area contributed by atoms with Crippen LogP contribution in [0.2, 0.25) is 0 Å². The maximum atomic E-state index is 13.0. The quantitative estimate of drug-likeness (QED) is 0.123. The Hall–Kier alpha value is -3.71. The zero-order chi connectivity index (χ0) is 26.5. The third kappa shape index (κ3) is 10.8. The summed E-state index contributed by atoms with van der Waals surface area (Å²) in [4.78, 5) is 60.7. The molecule has 1 rings (SSSR count). The summed E-state index contributed by atoms with van der Waals surface area (Å²) in [6.07, 6.45) is 0.629. The Bertz CT molecular complexity index is 891. The Morgan fingerprint density at radius 1 is 0.886 bits per heavy atom. The minimum absolute atomic E-state index is 0.00947.